The van der Waals surface area contributed by atoms with Crippen molar-refractivity contribution in [1.29, 1.82) is 0 Å². The van der Waals surface area contributed by atoms with Crippen molar-refractivity contribution in [3.63, 3.8) is 0 Å². The Hall–Kier alpha value is -0.487. The number of allylic oxidation sites excluding steroid dienone is 8. The molecule has 3 heteroatoms. The van der Waals surface area contributed by atoms with Gasteiger partial charge in [-0.2, -0.15) is 0 Å². The SMILES string of the molecule is C/[C](c1ccccc1)=[Zr+2](/[C]1=C(C(C)(C)C)C(C(C)(C)C)=CC1)[CH]1C=CC2=C1CCCC2.[Cl-].[Cl-]. The molecule has 0 bridgehead atoms. The van der Waals surface area contributed by atoms with E-state index in [1.165, 1.54) is 37.7 Å². The van der Waals surface area contributed by atoms with Crippen molar-refractivity contribution in [3.8, 4) is 0 Å². The number of halogens is 2. The summed E-state index contributed by atoms with van der Waals surface area (Å²) in [6.45, 7) is 17.0. The Morgan fingerprint density at radius 1 is 0.879 bits per heavy atom. The van der Waals surface area contributed by atoms with E-state index in [9.17, 15) is 0 Å². The van der Waals surface area contributed by atoms with Gasteiger partial charge in [-0.3, -0.25) is 0 Å². The molecule has 33 heavy (non-hydrogen) atoms. The molecular weight excluding hydrogens is 522 g/mol. The molecule has 1 atom stereocenters. The van der Waals surface area contributed by atoms with E-state index in [1.54, 1.807) is 19.9 Å². The molecule has 1 aromatic rings. The van der Waals surface area contributed by atoms with Crippen LogP contribution in [0.2, 0.25) is 3.63 Å². The monoisotopic (exact) mass is 560 g/mol. The first-order valence-electron chi connectivity index (χ1n) is 12.2. The van der Waals surface area contributed by atoms with E-state index in [-0.39, 0.29) is 35.6 Å². The molecule has 3 aliphatic carbocycles. The van der Waals surface area contributed by atoms with Gasteiger partial charge < -0.3 is 24.8 Å². The minimum atomic E-state index is -2.20. The van der Waals surface area contributed by atoms with E-state index >= 15 is 0 Å². The van der Waals surface area contributed by atoms with Crippen LogP contribution in [0.4, 0.5) is 0 Å². The largest absolute Gasteiger partial charge is 1.00 e. The molecule has 1 unspecified atom stereocenters. The first-order valence-corrected chi connectivity index (χ1v) is 16.1. The fourth-order valence-electron chi connectivity index (χ4n) is 5.94. The molecule has 3 aliphatic rings. The predicted octanol–water partition coefficient (Wildman–Crippen LogP) is 2.76. The zero-order chi connectivity index (χ0) is 22.4. The standard InChI is InChI=1S/C13H21.C9H11.C8H8.2ClH.Zr/c1-12(2,3)10-8-7-9-11(10)13(4,5)6;1-2-5-9-7-3-6-8(9)4-1;1-2-8-6-4-3-5-7-8;;;/h8H,7H2,1-6H3;3,6-7H,1-2,4-5H2;3-7H,1H3;2*1H;/q;;;;;+2/p-2. The third kappa shape index (κ3) is 5.85. The maximum Gasteiger partial charge on any atom is -1.00 e. The smallest absolute Gasteiger partial charge is 1.00 e. The summed E-state index contributed by atoms with van der Waals surface area (Å²) >= 11 is -2.20. The second-order valence-corrected chi connectivity index (χ2v) is 18.6. The first-order chi connectivity index (χ1) is 14.6. The number of hydrogen-bond donors (Lipinski definition) is 0. The maximum atomic E-state index is 2.64. The zero-order valence-electron chi connectivity index (χ0n) is 21.5. The summed E-state index contributed by atoms with van der Waals surface area (Å²) in [5, 5.41) is 0. The van der Waals surface area contributed by atoms with E-state index in [4.69, 9.17) is 0 Å². The Kier molecular flexibility index (Phi) is 9.63. The Morgan fingerprint density at radius 2 is 1.52 bits per heavy atom. The molecule has 0 spiro atoms. The van der Waals surface area contributed by atoms with Crippen molar-refractivity contribution in [3.05, 3.63) is 79.7 Å². The average molecular weight is 563 g/mol. The van der Waals surface area contributed by atoms with E-state index < -0.39 is 21.3 Å². The summed E-state index contributed by atoms with van der Waals surface area (Å²) in [6.07, 6.45) is 14.3. The summed E-state index contributed by atoms with van der Waals surface area (Å²) < 4.78 is 4.32. The summed E-state index contributed by atoms with van der Waals surface area (Å²) in [6, 6.07) is 11.3. The zero-order valence-corrected chi connectivity index (χ0v) is 25.5. The topological polar surface area (TPSA) is 0 Å². The van der Waals surface area contributed by atoms with Crippen LogP contribution in [0.25, 0.3) is 0 Å². The van der Waals surface area contributed by atoms with Crippen molar-refractivity contribution < 1.29 is 46.1 Å². The summed E-state index contributed by atoms with van der Waals surface area (Å²) in [7, 11) is 0. The molecule has 4 rings (SSSR count). The van der Waals surface area contributed by atoms with Crippen molar-refractivity contribution in [2.24, 2.45) is 10.8 Å². The van der Waals surface area contributed by atoms with E-state index in [1.807, 2.05) is 8.85 Å². The molecule has 0 aliphatic heterocycles. The second-order valence-electron chi connectivity index (χ2n) is 11.7. The van der Waals surface area contributed by atoms with Crippen LogP contribution in [-0.2, 0) is 21.3 Å². The van der Waals surface area contributed by atoms with Gasteiger partial charge in [0.15, 0.2) is 0 Å². The Labute approximate surface area is 222 Å². The van der Waals surface area contributed by atoms with Gasteiger partial charge in [-0.05, 0) is 0 Å². The second kappa shape index (κ2) is 11.1. The maximum absolute atomic E-state index is 2.64. The molecular formula is C30H40Cl2Zr. The normalized spacial score (nSPS) is 20.8. The summed E-state index contributed by atoms with van der Waals surface area (Å²) in [5.41, 5.74) is 8.73. The molecule has 1 aromatic carbocycles. The van der Waals surface area contributed by atoms with Crippen LogP contribution in [0.5, 0.6) is 0 Å². The van der Waals surface area contributed by atoms with E-state index in [2.05, 4.69) is 97.0 Å². The molecule has 0 aromatic heterocycles. The van der Waals surface area contributed by atoms with Gasteiger partial charge >= 0.3 is 199 Å². The third-order valence-corrected chi connectivity index (χ3v) is 15.6. The molecule has 0 saturated heterocycles. The number of benzene rings is 1. The van der Waals surface area contributed by atoms with Gasteiger partial charge in [-0.25, -0.2) is 0 Å². The molecule has 0 radical (unpaired) electrons. The van der Waals surface area contributed by atoms with Crippen LogP contribution in [0.15, 0.2) is 74.1 Å². The quantitative estimate of drug-likeness (QED) is 0.532. The molecule has 0 fully saturated rings. The molecule has 0 N–H and O–H groups in total. The van der Waals surface area contributed by atoms with Gasteiger partial charge in [-0.15, -0.1) is 0 Å². The van der Waals surface area contributed by atoms with Gasteiger partial charge in [0.25, 0.3) is 0 Å². The van der Waals surface area contributed by atoms with E-state index in [0.29, 0.717) is 0 Å². The van der Waals surface area contributed by atoms with Crippen molar-refractivity contribution in [2.75, 3.05) is 0 Å². The van der Waals surface area contributed by atoms with Gasteiger partial charge in [0.05, 0.1) is 0 Å². The van der Waals surface area contributed by atoms with Gasteiger partial charge in [0.1, 0.15) is 0 Å². The van der Waals surface area contributed by atoms with Crippen LogP contribution in [0, 0.1) is 10.8 Å². The van der Waals surface area contributed by atoms with E-state index in [0.717, 1.165) is 3.63 Å². The summed E-state index contributed by atoms with van der Waals surface area (Å²) in [5.74, 6) is 0. The van der Waals surface area contributed by atoms with Crippen molar-refractivity contribution in [2.45, 2.75) is 84.2 Å². The Morgan fingerprint density at radius 3 is 2.12 bits per heavy atom. The minimum absolute atomic E-state index is 0. The van der Waals surface area contributed by atoms with Gasteiger partial charge in [0, 0.05) is 0 Å². The van der Waals surface area contributed by atoms with Crippen molar-refractivity contribution in [1.82, 2.24) is 0 Å². The molecule has 178 valence electrons. The average Bonchev–Trinajstić information content (AvgIpc) is 3.34. The van der Waals surface area contributed by atoms with Crippen LogP contribution in [0.1, 0.15) is 86.1 Å². The predicted molar refractivity (Wildman–Crippen MR) is 133 cm³/mol. The van der Waals surface area contributed by atoms with Gasteiger partial charge in [-0.1, -0.05) is 0 Å². The van der Waals surface area contributed by atoms with Crippen LogP contribution in [-0.4, -0.2) is 3.21 Å². The Balaban J connectivity index is 0.00000193. The van der Waals surface area contributed by atoms with Crippen LogP contribution in [0.3, 0.4) is 0 Å². The number of hydrogen-bond acceptors (Lipinski definition) is 0. The molecule has 0 amide bonds. The van der Waals surface area contributed by atoms with Crippen molar-refractivity contribution >= 4 is 3.21 Å². The first kappa shape index (κ1) is 28.7. The molecule has 0 nitrogen and oxygen atoms in total. The molecule has 0 saturated carbocycles. The summed E-state index contributed by atoms with van der Waals surface area (Å²) in [4.78, 5) is 0. The fraction of sp³-hybridized carbons (Fsp3) is 0.500. The minimum Gasteiger partial charge on any atom is -1.00 e. The molecule has 0 heterocycles. The fourth-order valence-corrected chi connectivity index (χ4v) is 15.4. The van der Waals surface area contributed by atoms with Gasteiger partial charge in [0.2, 0.25) is 0 Å². The van der Waals surface area contributed by atoms with Crippen LogP contribution < -0.4 is 24.8 Å². The third-order valence-electron chi connectivity index (χ3n) is 7.31. The van der Waals surface area contributed by atoms with Crippen LogP contribution >= 0.6 is 0 Å². The number of rotatable bonds is 3. The Bertz CT molecular complexity index is 1020.